The van der Waals surface area contributed by atoms with Crippen molar-refractivity contribution >= 4 is 0 Å². The average Bonchev–Trinajstić information content (AvgIpc) is 2.81. The molecule has 3 heteroatoms. The fraction of sp³-hybridized carbons (Fsp3) is 0.267. The third-order valence-electron chi connectivity index (χ3n) is 2.65. The zero-order valence-corrected chi connectivity index (χ0v) is 10.5. The lowest BCUT2D eigenvalue weighted by Gasteiger charge is -2.15. The van der Waals surface area contributed by atoms with Crippen LogP contribution in [-0.2, 0) is 11.2 Å². The second-order valence-corrected chi connectivity index (χ2v) is 4.16. The second-order valence-electron chi connectivity index (χ2n) is 4.16. The largest absolute Gasteiger partial charge is 0.369 e. The van der Waals surface area contributed by atoms with Gasteiger partial charge in [0, 0.05) is 12.5 Å². The minimum absolute atomic E-state index is 0.0310. The summed E-state index contributed by atoms with van der Waals surface area (Å²) >= 11 is 0. The van der Waals surface area contributed by atoms with E-state index in [2.05, 4.69) is 23.9 Å². The Kier molecular flexibility index (Phi) is 4.31. The Hall–Kier alpha value is -1.87. The summed E-state index contributed by atoms with van der Waals surface area (Å²) in [6, 6.07) is 12.0. The molecule has 0 N–H and O–H groups in total. The summed E-state index contributed by atoms with van der Waals surface area (Å²) in [5.74, 6) is 0.838. The minimum atomic E-state index is -0.0310. The maximum Gasteiger partial charge on any atom is 0.139 e. The molecule has 1 atom stereocenters. The normalized spacial score (nSPS) is 12.3. The van der Waals surface area contributed by atoms with Gasteiger partial charge in [-0.05, 0) is 12.5 Å². The predicted molar refractivity (Wildman–Crippen MR) is 70.3 cm³/mol. The zero-order chi connectivity index (χ0) is 12.8. The zero-order valence-electron chi connectivity index (χ0n) is 10.5. The van der Waals surface area contributed by atoms with Gasteiger partial charge in [-0.25, -0.2) is 0 Å². The molecule has 0 saturated carbocycles. The molecule has 2 rings (SSSR count). The first kappa shape index (κ1) is 12.6. The summed E-state index contributed by atoms with van der Waals surface area (Å²) in [6.45, 7) is 6.11. The highest BCUT2D eigenvalue weighted by atomic mass is 16.5. The first-order valence-electron chi connectivity index (χ1n) is 5.99. The lowest BCUT2D eigenvalue weighted by Crippen LogP contribution is -2.07. The van der Waals surface area contributed by atoms with E-state index >= 15 is 0 Å². The van der Waals surface area contributed by atoms with Crippen LogP contribution in [0.15, 0.2) is 53.6 Å². The predicted octanol–water partition coefficient (Wildman–Crippen LogP) is 3.47. The molecule has 0 bridgehead atoms. The highest BCUT2D eigenvalue weighted by Gasteiger charge is 2.14. The first-order valence-corrected chi connectivity index (χ1v) is 5.99. The van der Waals surface area contributed by atoms with Gasteiger partial charge in [0.25, 0.3) is 0 Å². The molecular weight excluding hydrogens is 226 g/mol. The molecule has 94 valence electrons. The van der Waals surface area contributed by atoms with E-state index in [0.717, 1.165) is 17.0 Å². The van der Waals surface area contributed by atoms with Crippen LogP contribution in [-0.4, -0.2) is 11.8 Å². The quantitative estimate of drug-likeness (QED) is 0.729. The molecule has 0 amide bonds. The SMILES string of the molecule is C=CCOC(Cc1cc(C)no1)c1ccccc1. The summed E-state index contributed by atoms with van der Waals surface area (Å²) in [6.07, 6.45) is 2.40. The molecule has 1 heterocycles. The van der Waals surface area contributed by atoms with Crippen molar-refractivity contribution in [1.82, 2.24) is 5.16 Å². The van der Waals surface area contributed by atoms with Crippen LogP contribution in [0.4, 0.5) is 0 Å². The van der Waals surface area contributed by atoms with Crippen LogP contribution in [0.3, 0.4) is 0 Å². The van der Waals surface area contributed by atoms with E-state index in [1.54, 1.807) is 6.08 Å². The molecule has 2 aromatic rings. The van der Waals surface area contributed by atoms with Crippen LogP contribution < -0.4 is 0 Å². The van der Waals surface area contributed by atoms with E-state index in [4.69, 9.17) is 9.26 Å². The maximum atomic E-state index is 5.78. The Bertz CT molecular complexity index is 490. The van der Waals surface area contributed by atoms with Crippen LogP contribution in [0.5, 0.6) is 0 Å². The molecule has 1 aromatic heterocycles. The highest BCUT2D eigenvalue weighted by molar-refractivity contribution is 5.19. The standard InChI is InChI=1S/C15H17NO2/c1-3-9-17-15(13-7-5-4-6-8-13)11-14-10-12(2)16-18-14/h3-8,10,15H,1,9,11H2,2H3. The Morgan fingerprint density at radius 2 is 2.17 bits per heavy atom. The first-order chi connectivity index (χ1) is 8.79. The molecular formula is C15H17NO2. The molecule has 1 unspecified atom stereocenters. The van der Waals surface area contributed by atoms with Crippen molar-refractivity contribution in [3.63, 3.8) is 0 Å². The van der Waals surface area contributed by atoms with E-state index < -0.39 is 0 Å². The van der Waals surface area contributed by atoms with Crippen molar-refractivity contribution in [1.29, 1.82) is 0 Å². The highest BCUT2D eigenvalue weighted by Crippen LogP contribution is 2.22. The summed E-state index contributed by atoms with van der Waals surface area (Å²) < 4.78 is 11.0. The van der Waals surface area contributed by atoms with Gasteiger partial charge in [-0.15, -0.1) is 6.58 Å². The van der Waals surface area contributed by atoms with E-state index in [1.807, 2.05) is 31.2 Å². The van der Waals surface area contributed by atoms with Crippen molar-refractivity contribution in [2.24, 2.45) is 0 Å². The third kappa shape index (κ3) is 3.31. The number of rotatable bonds is 6. The Morgan fingerprint density at radius 3 is 2.78 bits per heavy atom. The van der Waals surface area contributed by atoms with Crippen LogP contribution in [0, 0.1) is 6.92 Å². The van der Waals surface area contributed by atoms with Gasteiger partial charge in [0.1, 0.15) is 5.76 Å². The fourth-order valence-electron chi connectivity index (χ4n) is 1.82. The van der Waals surface area contributed by atoms with Crippen molar-refractivity contribution in [2.45, 2.75) is 19.4 Å². The molecule has 0 spiro atoms. The molecule has 3 nitrogen and oxygen atoms in total. The molecule has 0 aliphatic rings. The van der Waals surface area contributed by atoms with Gasteiger partial charge in [-0.3, -0.25) is 0 Å². The van der Waals surface area contributed by atoms with Gasteiger partial charge in [-0.2, -0.15) is 0 Å². The average molecular weight is 243 g/mol. The fourth-order valence-corrected chi connectivity index (χ4v) is 1.82. The van der Waals surface area contributed by atoms with E-state index in [-0.39, 0.29) is 6.10 Å². The molecule has 1 aromatic carbocycles. The van der Waals surface area contributed by atoms with Crippen LogP contribution in [0.25, 0.3) is 0 Å². The number of hydrogen-bond acceptors (Lipinski definition) is 3. The Labute approximate surface area is 107 Å². The summed E-state index contributed by atoms with van der Waals surface area (Å²) in [7, 11) is 0. The lowest BCUT2D eigenvalue weighted by molar-refractivity contribution is 0.0692. The smallest absolute Gasteiger partial charge is 0.139 e. The van der Waals surface area contributed by atoms with Crippen molar-refractivity contribution in [3.8, 4) is 0 Å². The topological polar surface area (TPSA) is 35.3 Å². The summed E-state index contributed by atoms with van der Waals surface area (Å²) in [4.78, 5) is 0. The number of nitrogens with zero attached hydrogens (tertiary/aromatic N) is 1. The number of benzene rings is 1. The van der Waals surface area contributed by atoms with Gasteiger partial charge in [0.05, 0.1) is 18.4 Å². The molecule has 0 aliphatic carbocycles. The minimum Gasteiger partial charge on any atom is -0.369 e. The van der Waals surface area contributed by atoms with Crippen LogP contribution in [0.2, 0.25) is 0 Å². The summed E-state index contributed by atoms with van der Waals surface area (Å²) in [5.41, 5.74) is 2.02. The molecule has 0 saturated heterocycles. The van der Waals surface area contributed by atoms with Gasteiger partial charge >= 0.3 is 0 Å². The maximum absolute atomic E-state index is 5.78. The Balaban J connectivity index is 2.12. The lowest BCUT2D eigenvalue weighted by atomic mass is 10.1. The number of hydrogen-bond donors (Lipinski definition) is 0. The number of aromatic nitrogens is 1. The second kappa shape index (κ2) is 6.17. The third-order valence-corrected chi connectivity index (χ3v) is 2.65. The van der Waals surface area contributed by atoms with E-state index in [1.165, 1.54) is 0 Å². The van der Waals surface area contributed by atoms with Gasteiger partial charge in [-0.1, -0.05) is 41.6 Å². The molecule has 0 fully saturated rings. The molecule has 18 heavy (non-hydrogen) atoms. The van der Waals surface area contributed by atoms with Crippen LogP contribution >= 0.6 is 0 Å². The van der Waals surface area contributed by atoms with Gasteiger partial charge in [0.15, 0.2) is 0 Å². The molecule has 0 aliphatic heterocycles. The van der Waals surface area contributed by atoms with Gasteiger partial charge < -0.3 is 9.26 Å². The van der Waals surface area contributed by atoms with Crippen molar-refractivity contribution in [3.05, 3.63) is 66.1 Å². The van der Waals surface area contributed by atoms with Crippen molar-refractivity contribution in [2.75, 3.05) is 6.61 Å². The van der Waals surface area contributed by atoms with Gasteiger partial charge in [0.2, 0.25) is 0 Å². The number of aryl methyl sites for hydroxylation is 1. The van der Waals surface area contributed by atoms with Crippen molar-refractivity contribution < 1.29 is 9.26 Å². The number of ether oxygens (including phenoxy) is 1. The summed E-state index contributed by atoms with van der Waals surface area (Å²) in [5, 5.41) is 3.89. The Morgan fingerprint density at radius 1 is 1.39 bits per heavy atom. The van der Waals surface area contributed by atoms with E-state index in [9.17, 15) is 0 Å². The van der Waals surface area contributed by atoms with E-state index in [0.29, 0.717) is 13.0 Å². The monoisotopic (exact) mass is 243 g/mol. The molecule has 0 radical (unpaired) electrons. The van der Waals surface area contributed by atoms with Crippen LogP contribution in [0.1, 0.15) is 23.1 Å².